The Morgan fingerprint density at radius 2 is 2.10 bits per heavy atom. The highest BCUT2D eigenvalue weighted by Crippen LogP contribution is 2.18. The molecule has 2 aliphatic heterocycles. The van der Waals surface area contributed by atoms with Gasteiger partial charge in [-0.15, -0.1) is 0 Å². The molecule has 0 aromatic heterocycles. The maximum atomic E-state index is 13.6. The Morgan fingerprint density at radius 3 is 2.73 bits per heavy atom. The highest BCUT2D eigenvalue weighted by atomic mass is 19.1. The molecule has 1 unspecified atom stereocenters. The van der Waals surface area contributed by atoms with Crippen molar-refractivity contribution in [1.29, 1.82) is 0 Å². The van der Waals surface area contributed by atoms with Crippen molar-refractivity contribution in [3.05, 3.63) is 35.4 Å². The number of nitrogens with zero attached hydrogens (tertiary/aromatic N) is 1. The van der Waals surface area contributed by atoms with E-state index in [2.05, 4.69) is 10.6 Å². The second-order valence-corrected chi connectivity index (χ2v) is 7.96. The Labute approximate surface area is 174 Å². The normalized spacial score (nSPS) is 23.3. The van der Waals surface area contributed by atoms with Gasteiger partial charge < -0.3 is 25.4 Å². The van der Waals surface area contributed by atoms with Gasteiger partial charge in [0.25, 0.3) is 5.91 Å². The van der Waals surface area contributed by atoms with Crippen molar-refractivity contribution in [2.75, 3.05) is 19.6 Å². The van der Waals surface area contributed by atoms with Crippen molar-refractivity contribution in [3.8, 4) is 0 Å². The van der Waals surface area contributed by atoms with E-state index in [-0.39, 0.29) is 19.0 Å². The molecule has 2 fully saturated rings. The predicted molar refractivity (Wildman–Crippen MR) is 106 cm³/mol. The number of cyclic esters (lactones) is 1. The molecule has 2 saturated heterocycles. The molecular formula is C21H29F2N3O4. The molecule has 0 saturated carbocycles. The van der Waals surface area contributed by atoms with Gasteiger partial charge >= 0.3 is 6.09 Å². The van der Waals surface area contributed by atoms with Crippen LogP contribution in [0.1, 0.15) is 38.2 Å². The van der Waals surface area contributed by atoms with E-state index in [9.17, 15) is 23.5 Å². The summed E-state index contributed by atoms with van der Waals surface area (Å²) in [5.41, 5.74) is 0.322. The molecule has 3 rings (SSSR count). The van der Waals surface area contributed by atoms with Crippen LogP contribution in [0, 0.1) is 11.6 Å². The number of hydrogen-bond acceptors (Lipinski definition) is 5. The monoisotopic (exact) mass is 425 g/mol. The van der Waals surface area contributed by atoms with Crippen LogP contribution < -0.4 is 10.6 Å². The molecule has 0 radical (unpaired) electrons. The van der Waals surface area contributed by atoms with Crippen LogP contribution >= 0.6 is 0 Å². The van der Waals surface area contributed by atoms with E-state index in [1.165, 1.54) is 17.0 Å². The molecule has 7 nitrogen and oxygen atoms in total. The van der Waals surface area contributed by atoms with E-state index < -0.39 is 41.9 Å². The van der Waals surface area contributed by atoms with Crippen LogP contribution in [0.5, 0.6) is 0 Å². The smallest absolute Gasteiger partial charge is 0.410 e. The molecule has 3 N–H and O–H groups in total. The minimum absolute atomic E-state index is 0.0416. The number of unbranched alkanes of at least 4 members (excludes halogenated alkanes) is 1. The number of ether oxygens (including phenoxy) is 1. The summed E-state index contributed by atoms with van der Waals surface area (Å²) in [4.78, 5) is 26.2. The third-order valence-corrected chi connectivity index (χ3v) is 5.59. The SMILES string of the molecule is CCCCN1C[C@@H](C(=O)NC(Cc2cc(F)cc(F)c2)[C@H](O)[C@H]2CCCN2)OC1=O. The van der Waals surface area contributed by atoms with Crippen molar-refractivity contribution in [1.82, 2.24) is 15.5 Å². The Morgan fingerprint density at radius 1 is 1.37 bits per heavy atom. The minimum Gasteiger partial charge on any atom is -0.434 e. The van der Waals surface area contributed by atoms with Crippen LogP contribution in [0.4, 0.5) is 13.6 Å². The second-order valence-electron chi connectivity index (χ2n) is 7.96. The number of nitrogens with one attached hydrogen (secondary N) is 2. The van der Waals surface area contributed by atoms with Crippen molar-refractivity contribution >= 4 is 12.0 Å². The first-order valence-corrected chi connectivity index (χ1v) is 10.5. The molecule has 2 heterocycles. The van der Waals surface area contributed by atoms with Gasteiger partial charge in [-0.05, 0) is 49.9 Å². The zero-order chi connectivity index (χ0) is 21.7. The van der Waals surface area contributed by atoms with E-state index in [4.69, 9.17) is 4.74 Å². The summed E-state index contributed by atoms with van der Waals surface area (Å²) < 4.78 is 32.4. The Kier molecular flexibility index (Phi) is 7.60. The summed E-state index contributed by atoms with van der Waals surface area (Å²) in [6.45, 7) is 3.41. The summed E-state index contributed by atoms with van der Waals surface area (Å²) >= 11 is 0. The number of hydrogen-bond donors (Lipinski definition) is 3. The zero-order valence-electron chi connectivity index (χ0n) is 17.1. The molecular weight excluding hydrogens is 396 g/mol. The number of rotatable bonds is 9. The van der Waals surface area contributed by atoms with E-state index in [0.717, 1.165) is 38.3 Å². The van der Waals surface area contributed by atoms with E-state index in [0.29, 0.717) is 12.1 Å². The molecule has 1 aromatic rings. The second kappa shape index (κ2) is 10.2. The Hall–Kier alpha value is -2.26. The van der Waals surface area contributed by atoms with E-state index in [1.807, 2.05) is 6.92 Å². The summed E-state index contributed by atoms with van der Waals surface area (Å²) in [6, 6.07) is 2.10. The number of benzene rings is 1. The molecule has 2 amide bonds. The van der Waals surface area contributed by atoms with Crippen LogP contribution in [-0.2, 0) is 16.0 Å². The predicted octanol–water partition coefficient (Wildman–Crippen LogP) is 1.73. The molecule has 0 aliphatic carbocycles. The highest BCUT2D eigenvalue weighted by molar-refractivity contribution is 5.86. The van der Waals surface area contributed by atoms with E-state index in [1.54, 1.807) is 0 Å². The lowest BCUT2D eigenvalue weighted by Crippen LogP contribution is -2.54. The minimum atomic E-state index is -0.982. The molecule has 4 atom stereocenters. The third kappa shape index (κ3) is 5.66. The maximum absolute atomic E-state index is 13.6. The topological polar surface area (TPSA) is 90.9 Å². The molecule has 0 bridgehead atoms. The number of amides is 2. The number of aliphatic hydroxyl groups excluding tert-OH is 1. The molecule has 2 aliphatic rings. The lowest BCUT2D eigenvalue weighted by molar-refractivity contribution is -0.129. The van der Waals surface area contributed by atoms with Gasteiger partial charge in [0.05, 0.1) is 18.7 Å². The summed E-state index contributed by atoms with van der Waals surface area (Å²) in [5.74, 6) is -1.97. The van der Waals surface area contributed by atoms with Gasteiger partial charge in [0.15, 0.2) is 6.10 Å². The van der Waals surface area contributed by atoms with Gasteiger partial charge in [-0.3, -0.25) is 4.79 Å². The molecule has 1 aromatic carbocycles. The number of halogens is 2. The van der Waals surface area contributed by atoms with Crippen LogP contribution in [-0.4, -0.2) is 65.9 Å². The van der Waals surface area contributed by atoms with Crippen LogP contribution in [0.2, 0.25) is 0 Å². The number of carbonyl (C=O) groups is 2. The largest absolute Gasteiger partial charge is 0.434 e. The first-order valence-electron chi connectivity index (χ1n) is 10.5. The van der Waals surface area contributed by atoms with Crippen molar-refractivity contribution in [3.63, 3.8) is 0 Å². The third-order valence-electron chi connectivity index (χ3n) is 5.59. The van der Waals surface area contributed by atoms with Crippen molar-refractivity contribution < 1.29 is 28.2 Å². The molecule has 0 spiro atoms. The zero-order valence-corrected chi connectivity index (χ0v) is 17.1. The first-order chi connectivity index (χ1) is 14.4. The fourth-order valence-electron chi connectivity index (χ4n) is 3.98. The van der Waals surface area contributed by atoms with Crippen LogP contribution in [0.15, 0.2) is 18.2 Å². The number of aliphatic hydroxyl groups is 1. The lowest BCUT2D eigenvalue weighted by atomic mass is 9.95. The van der Waals surface area contributed by atoms with Gasteiger partial charge in [-0.25, -0.2) is 13.6 Å². The average Bonchev–Trinajstić information content (AvgIpc) is 3.34. The molecule has 30 heavy (non-hydrogen) atoms. The van der Waals surface area contributed by atoms with Gasteiger partial charge in [0, 0.05) is 18.7 Å². The lowest BCUT2D eigenvalue weighted by Gasteiger charge is -2.29. The summed E-state index contributed by atoms with van der Waals surface area (Å²) in [7, 11) is 0. The molecule has 9 heteroatoms. The fraction of sp³-hybridized carbons (Fsp3) is 0.619. The van der Waals surface area contributed by atoms with Crippen LogP contribution in [0.25, 0.3) is 0 Å². The molecule has 166 valence electrons. The number of carbonyl (C=O) groups excluding carboxylic acids is 2. The van der Waals surface area contributed by atoms with Crippen LogP contribution in [0.3, 0.4) is 0 Å². The highest BCUT2D eigenvalue weighted by Gasteiger charge is 2.38. The maximum Gasteiger partial charge on any atom is 0.410 e. The van der Waals surface area contributed by atoms with Gasteiger partial charge in [-0.2, -0.15) is 0 Å². The fourth-order valence-corrected chi connectivity index (χ4v) is 3.98. The summed E-state index contributed by atoms with van der Waals surface area (Å²) in [6.07, 6.45) is 0.903. The summed E-state index contributed by atoms with van der Waals surface area (Å²) in [5, 5.41) is 16.8. The Balaban J connectivity index is 1.70. The quantitative estimate of drug-likeness (QED) is 0.561. The average molecular weight is 425 g/mol. The van der Waals surface area contributed by atoms with Gasteiger partial charge in [-0.1, -0.05) is 13.3 Å². The van der Waals surface area contributed by atoms with Gasteiger partial charge in [0.1, 0.15) is 11.6 Å². The van der Waals surface area contributed by atoms with E-state index >= 15 is 0 Å². The van der Waals surface area contributed by atoms with Crippen molar-refractivity contribution in [2.24, 2.45) is 0 Å². The standard InChI is InChI=1S/C21H29F2N3O4/c1-2-3-7-26-12-18(30-21(26)29)20(28)25-17(19(27)16-5-4-6-24-16)10-13-8-14(22)11-15(23)9-13/h8-9,11,16-19,24,27H,2-7,10,12H2,1H3,(H,25,28)/t16-,17?,18+,19-/m1/s1. The van der Waals surface area contributed by atoms with Gasteiger partial charge in [0.2, 0.25) is 0 Å². The Bertz CT molecular complexity index is 738. The first kappa shape index (κ1) is 22.4. The van der Waals surface area contributed by atoms with Crippen molar-refractivity contribution in [2.45, 2.75) is 63.3 Å².